The largest absolute Gasteiger partial charge is 0.497 e. The molecule has 0 heterocycles. The van der Waals surface area contributed by atoms with Gasteiger partial charge in [-0.25, -0.2) is 0 Å². The van der Waals surface area contributed by atoms with Gasteiger partial charge in [0.05, 0.1) is 14.2 Å². The van der Waals surface area contributed by atoms with Crippen molar-refractivity contribution in [2.45, 2.75) is 43.7 Å². The van der Waals surface area contributed by atoms with Crippen LogP contribution in [-0.4, -0.2) is 38.8 Å². The maximum Gasteiger partial charge on any atom is 0.122 e. The molecule has 4 nitrogen and oxygen atoms in total. The molecule has 118 valence electrons. The monoisotopic (exact) mass is 292 g/mol. The highest BCUT2D eigenvalue weighted by Crippen LogP contribution is 2.42. The molecule has 0 bridgehead atoms. The van der Waals surface area contributed by atoms with E-state index in [0.717, 1.165) is 29.9 Å². The van der Waals surface area contributed by atoms with Crippen LogP contribution in [0.1, 0.15) is 43.7 Å². The number of rotatable bonds is 5. The molecule has 2 rings (SSSR count). The third kappa shape index (κ3) is 3.16. The lowest BCUT2D eigenvalue weighted by atomic mass is 9.73. The van der Waals surface area contributed by atoms with E-state index in [2.05, 4.69) is 19.0 Å². The summed E-state index contributed by atoms with van der Waals surface area (Å²) < 4.78 is 10.8. The molecule has 0 saturated heterocycles. The normalized spacial score (nSPS) is 19.3. The SMILES string of the molecule is COc1cc(OC)cc(C(N)C2(N(C)C)CCCCC2)c1. The summed E-state index contributed by atoms with van der Waals surface area (Å²) in [5.74, 6) is 1.59. The Morgan fingerprint density at radius 3 is 1.95 bits per heavy atom. The molecule has 1 fully saturated rings. The average Bonchev–Trinajstić information content (AvgIpc) is 2.53. The molecule has 0 aromatic heterocycles. The van der Waals surface area contributed by atoms with Crippen molar-refractivity contribution in [3.63, 3.8) is 0 Å². The Kier molecular flexibility index (Phi) is 5.12. The van der Waals surface area contributed by atoms with E-state index in [1.165, 1.54) is 19.3 Å². The van der Waals surface area contributed by atoms with E-state index in [1.54, 1.807) is 14.2 Å². The predicted octanol–water partition coefficient (Wildman–Crippen LogP) is 2.97. The van der Waals surface area contributed by atoms with Crippen molar-refractivity contribution in [1.29, 1.82) is 0 Å². The number of nitrogens with zero attached hydrogens (tertiary/aromatic N) is 1. The highest BCUT2D eigenvalue weighted by atomic mass is 16.5. The molecule has 1 aromatic carbocycles. The molecular weight excluding hydrogens is 264 g/mol. The number of benzene rings is 1. The summed E-state index contributed by atoms with van der Waals surface area (Å²) in [5.41, 5.74) is 7.81. The summed E-state index contributed by atoms with van der Waals surface area (Å²) in [7, 11) is 7.63. The Morgan fingerprint density at radius 1 is 1.00 bits per heavy atom. The zero-order chi connectivity index (χ0) is 15.5. The molecule has 0 aliphatic heterocycles. The molecule has 0 amide bonds. The fourth-order valence-electron chi connectivity index (χ4n) is 3.52. The first kappa shape index (κ1) is 16.1. The van der Waals surface area contributed by atoms with E-state index in [4.69, 9.17) is 15.2 Å². The average molecular weight is 292 g/mol. The molecule has 1 unspecified atom stereocenters. The maximum absolute atomic E-state index is 6.70. The van der Waals surface area contributed by atoms with Gasteiger partial charge in [-0.2, -0.15) is 0 Å². The third-order valence-corrected chi connectivity index (χ3v) is 4.92. The van der Waals surface area contributed by atoms with Crippen molar-refractivity contribution in [2.24, 2.45) is 5.73 Å². The van der Waals surface area contributed by atoms with E-state index in [1.807, 2.05) is 18.2 Å². The van der Waals surface area contributed by atoms with Crippen molar-refractivity contribution in [1.82, 2.24) is 4.90 Å². The molecule has 0 radical (unpaired) electrons. The van der Waals surface area contributed by atoms with Crippen LogP contribution >= 0.6 is 0 Å². The summed E-state index contributed by atoms with van der Waals surface area (Å²) in [6, 6.07) is 5.91. The summed E-state index contributed by atoms with van der Waals surface area (Å²) in [4.78, 5) is 2.31. The van der Waals surface area contributed by atoms with Gasteiger partial charge in [-0.15, -0.1) is 0 Å². The van der Waals surface area contributed by atoms with Crippen LogP contribution in [0.5, 0.6) is 11.5 Å². The highest BCUT2D eigenvalue weighted by Gasteiger charge is 2.40. The first-order chi connectivity index (χ1) is 10.0. The second-order valence-corrected chi connectivity index (χ2v) is 6.18. The molecule has 1 aliphatic rings. The van der Waals surface area contributed by atoms with E-state index in [-0.39, 0.29) is 11.6 Å². The minimum Gasteiger partial charge on any atom is -0.497 e. The lowest BCUT2D eigenvalue weighted by Gasteiger charge is -2.47. The van der Waals surface area contributed by atoms with Gasteiger partial charge >= 0.3 is 0 Å². The van der Waals surface area contributed by atoms with Crippen LogP contribution in [0, 0.1) is 0 Å². The summed E-state index contributed by atoms with van der Waals surface area (Å²) in [6.45, 7) is 0. The van der Waals surface area contributed by atoms with Gasteiger partial charge in [-0.3, -0.25) is 0 Å². The highest BCUT2D eigenvalue weighted by molar-refractivity contribution is 5.41. The molecule has 1 atom stereocenters. The van der Waals surface area contributed by atoms with Gasteiger partial charge < -0.3 is 20.1 Å². The first-order valence-corrected chi connectivity index (χ1v) is 7.69. The van der Waals surface area contributed by atoms with Crippen molar-refractivity contribution in [3.8, 4) is 11.5 Å². The Morgan fingerprint density at radius 2 is 1.52 bits per heavy atom. The Bertz CT molecular complexity index is 446. The number of hydrogen-bond acceptors (Lipinski definition) is 4. The van der Waals surface area contributed by atoms with Crippen LogP contribution < -0.4 is 15.2 Å². The number of nitrogens with two attached hydrogens (primary N) is 1. The van der Waals surface area contributed by atoms with Crippen LogP contribution in [0.15, 0.2) is 18.2 Å². The fraction of sp³-hybridized carbons (Fsp3) is 0.647. The van der Waals surface area contributed by atoms with E-state index in [9.17, 15) is 0 Å². The third-order valence-electron chi connectivity index (χ3n) is 4.92. The molecule has 1 saturated carbocycles. The van der Waals surface area contributed by atoms with Gasteiger partial charge in [-0.1, -0.05) is 19.3 Å². The van der Waals surface area contributed by atoms with E-state index in [0.29, 0.717) is 0 Å². The van der Waals surface area contributed by atoms with Crippen LogP contribution in [0.2, 0.25) is 0 Å². The quantitative estimate of drug-likeness (QED) is 0.906. The molecule has 2 N–H and O–H groups in total. The zero-order valence-electron chi connectivity index (χ0n) is 13.7. The van der Waals surface area contributed by atoms with Gasteiger partial charge in [0.15, 0.2) is 0 Å². The van der Waals surface area contributed by atoms with Crippen molar-refractivity contribution in [3.05, 3.63) is 23.8 Å². The Hall–Kier alpha value is -1.26. The minimum absolute atomic E-state index is 0.0234. The lowest BCUT2D eigenvalue weighted by molar-refractivity contribution is 0.0712. The first-order valence-electron chi connectivity index (χ1n) is 7.69. The van der Waals surface area contributed by atoms with Crippen molar-refractivity contribution in [2.75, 3.05) is 28.3 Å². The fourth-order valence-corrected chi connectivity index (χ4v) is 3.52. The molecule has 21 heavy (non-hydrogen) atoms. The lowest BCUT2D eigenvalue weighted by Crippen LogP contribution is -2.53. The Labute approximate surface area is 128 Å². The Balaban J connectivity index is 2.38. The molecular formula is C17H28N2O2. The van der Waals surface area contributed by atoms with Crippen LogP contribution in [-0.2, 0) is 0 Å². The van der Waals surface area contributed by atoms with Gasteiger partial charge in [0.1, 0.15) is 11.5 Å². The number of ether oxygens (including phenoxy) is 2. The number of hydrogen-bond donors (Lipinski definition) is 1. The van der Waals surface area contributed by atoms with Crippen LogP contribution in [0.25, 0.3) is 0 Å². The second kappa shape index (κ2) is 6.67. The van der Waals surface area contributed by atoms with Crippen molar-refractivity contribution >= 4 is 0 Å². The maximum atomic E-state index is 6.70. The van der Waals surface area contributed by atoms with E-state index >= 15 is 0 Å². The summed E-state index contributed by atoms with van der Waals surface area (Å²) in [5, 5.41) is 0. The number of likely N-dealkylation sites (N-methyl/N-ethyl adjacent to an activating group) is 1. The minimum atomic E-state index is -0.0446. The standard InChI is InChI=1S/C17H28N2O2/c1-19(2)17(8-6-5-7-9-17)16(18)13-10-14(20-3)12-15(11-13)21-4/h10-12,16H,5-9,18H2,1-4H3. The molecule has 1 aromatic rings. The van der Waals surface area contributed by atoms with Crippen LogP contribution in [0.4, 0.5) is 0 Å². The van der Waals surface area contributed by atoms with Gasteiger partial charge in [-0.05, 0) is 44.6 Å². The summed E-state index contributed by atoms with van der Waals surface area (Å²) in [6.07, 6.45) is 6.07. The molecule has 1 aliphatic carbocycles. The zero-order valence-corrected chi connectivity index (χ0v) is 13.7. The topological polar surface area (TPSA) is 47.7 Å². The predicted molar refractivity (Wildman–Crippen MR) is 86.0 cm³/mol. The number of methoxy groups -OCH3 is 2. The van der Waals surface area contributed by atoms with E-state index < -0.39 is 0 Å². The molecule has 4 heteroatoms. The molecule has 0 spiro atoms. The summed E-state index contributed by atoms with van der Waals surface area (Å²) >= 11 is 0. The van der Waals surface area contributed by atoms with Gasteiger partial charge in [0, 0.05) is 17.6 Å². The van der Waals surface area contributed by atoms with Crippen molar-refractivity contribution < 1.29 is 9.47 Å². The second-order valence-electron chi connectivity index (χ2n) is 6.18. The smallest absolute Gasteiger partial charge is 0.122 e. The van der Waals surface area contributed by atoms with Gasteiger partial charge in [0.2, 0.25) is 0 Å². The van der Waals surface area contributed by atoms with Crippen LogP contribution in [0.3, 0.4) is 0 Å². The van der Waals surface area contributed by atoms with Gasteiger partial charge in [0.25, 0.3) is 0 Å².